The maximum atomic E-state index is 14.1. The van der Waals surface area contributed by atoms with E-state index in [9.17, 15) is 8.78 Å². The third-order valence-electron chi connectivity index (χ3n) is 3.99. The normalized spacial score (nSPS) is 20.7. The Morgan fingerprint density at radius 3 is 2.95 bits per heavy atom. The summed E-state index contributed by atoms with van der Waals surface area (Å²) in [6, 6.07) is 2.54. The van der Waals surface area contributed by atoms with Crippen LogP contribution in [0.5, 0.6) is 0 Å². The fraction of sp³-hybridized carbons (Fsp3) is 0.500. The SMILES string of the molecule is CC(C1CCOC1)n1c(CCl)nc2ccc(F)c(F)c21. The molecule has 1 aromatic carbocycles. The number of nitrogens with zero attached hydrogens (tertiary/aromatic N) is 2. The van der Waals surface area contributed by atoms with Gasteiger partial charge >= 0.3 is 0 Å². The van der Waals surface area contributed by atoms with Gasteiger partial charge in [0.25, 0.3) is 0 Å². The molecule has 3 rings (SSSR count). The van der Waals surface area contributed by atoms with Gasteiger partial charge in [-0.3, -0.25) is 0 Å². The maximum Gasteiger partial charge on any atom is 0.184 e. The van der Waals surface area contributed by atoms with Crippen LogP contribution in [-0.2, 0) is 10.6 Å². The molecule has 0 bridgehead atoms. The van der Waals surface area contributed by atoms with Crippen LogP contribution in [0, 0.1) is 17.6 Å². The van der Waals surface area contributed by atoms with Crippen LogP contribution in [0.15, 0.2) is 12.1 Å². The second kappa shape index (κ2) is 5.30. The van der Waals surface area contributed by atoms with Gasteiger partial charge in [-0.1, -0.05) is 0 Å². The highest BCUT2D eigenvalue weighted by atomic mass is 35.5. The van der Waals surface area contributed by atoms with Crippen LogP contribution >= 0.6 is 11.6 Å². The van der Waals surface area contributed by atoms with E-state index in [0.29, 0.717) is 24.6 Å². The van der Waals surface area contributed by atoms with E-state index >= 15 is 0 Å². The van der Waals surface area contributed by atoms with E-state index in [4.69, 9.17) is 16.3 Å². The third kappa shape index (κ3) is 2.09. The van der Waals surface area contributed by atoms with Gasteiger partial charge in [-0.15, -0.1) is 11.6 Å². The van der Waals surface area contributed by atoms with Crippen molar-refractivity contribution in [2.75, 3.05) is 13.2 Å². The molecule has 0 aliphatic carbocycles. The average molecular weight is 301 g/mol. The fourth-order valence-electron chi connectivity index (χ4n) is 2.85. The van der Waals surface area contributed by atoms with Gasteiger partial charge in [0.2, 0.25) is 0 Å². The van der Waals surface area contributed by atoms with Crippen LogP contribution in [0.2, 0.25) is 0 Å². The van der Waals surface area contributed by atoms with E-state index in [0.717, 1.165) is 12.5 Å². The molecule has 1 fully saturated rings. The molecule has 2 atom stereocenters. The van der Waals surface area contributed by atoms with Crippen LogP contribution < -0.4 is 0 Å². The van der Waals surface area contributed by atoms with Crippen LogP contribution in [0.25, 0.3) is 11.0 Å². The molecule has 6 heteroatoms. The van der Waals surface area contributed by atoms with Gasteiger partial charge in [0.05, 0.1) is 18.0 Å². The molecular weight excluding hydrogens is 286 g/mol. The third-order valence-corrected chi connectivity index (χ3v) is 4.23. The molecule has 0 N–H and O–H groups in total. The molecule has 1 saturated heterocycles. The molecule has 108 valence electrons. The number of hydrogen-bond acceptors (Lipinski definition) is 2. The largest absolute Gasteiger partial charge is 0.381 e. The second-order valence-corrected chi connectivity index (χ2v) is 5.39. The number of alkyl halides is 1. The molecule has 20 heavy (non-hydrogen) atoms. The summed E-state index contributed by atoms with van der Waals surface area (Å²) in [5.41, 5.74) is 0.630. The fourth-order valence-corrected chi connectivity index (χ4v) is 3.04. The number of ether oxygens (including phenoxy) is 1. The van der Waals surface area contributed by atoms with E-state index in [1.54, 1.807) is 4.57 Å². The topological polar surface area (TPSA) is 27.1 Å². The lowest BCUT2D eigenvalue weighted by Gasteiger charge is -2.22. The predicted molar refractivity (Wildman–Crippen MR) is 72.8 cm³/mol. The average Bonchev–Trinajstić information content (AvgIpc) is 3.09. The number of hydrogen-bond donors (Lipinski definition) is 0. The van der Waals surface area contributed by atoms with Crippen molar-refractivity contribution >= 4 is 22.6 Å². The van der Waals surface area contributed by atoms with E-state index in [1.165, 1.54) is 6.07 Å². The lowest BCUT2D eigenvalue weighted by molar-refractivity contribution is 0.175. The van der Waals surface area contributed by atoms with E-state index in [1.807, 2.05) is 6.92 Å². The van der Waals surface area contributed by atoms with Crippen molar-refractivity contribution < 1.29 is 13.5 Å². The van der Waals surface area contributed by atoms with Gasteiger partial charge in [0, 0.05) is 18.6 Å². The molecule has 0 amide bonds. The highest BCUT2D eigenvalue weighted by Gasteiger charge is 2.28. The summed E-state index contributed by atoms with van der Waals surface area (Å²) in [6.45, 7) is 3.30. The molecule has 3 nitrogen and oxygen atoms in total. The standard InChI is InChI=1S/C14H15ClF2N2O/c1-8(9-4-5-20-7-9)19-12(6-15)18-11-3-2-10(16)13(17)14(11)19/h2-3,8-9H,4-7H2,1H3. The summed E-state index contributed by atoms with van der Waals surface area (Å²) in [5.74, 6) is -0.748. The Morgan fingerprint density at radius 2 is 2.30 bits per heavy atom. The zero-order valence-electron chi connectivity index (χ0n) is 11.1. The van der Waals surface area contributed by atoms with E-state index in [2.05, 4.69) is 4.98 Å². The molecule has 0 radical (unpaired) electrons. The van der Waals surface area contributed by atoms with Gasteiger partial charge in [-0.2, -0.15) is 0 Å². The minimum Gasteiger partial charge on any atom is -0.381 e. The summed E-state index contributed by atoms with van der Waals surface area (Å²) in [5, 5.41) is 0. The molecule has 1 aliphatic heterocycles. The molecule has 1 aromatic heterocycles. The quantitative estimate of drug-likeness (QED) is 0.809. The van der Waals surface area contributed by atoms with E-state index in [-0.39, 0.29) is 23.4 Å². The molecular formula is C14H15ClF2N2O. The zero-order chi connectivity index (χ0) is 14.3. The first-order valence-electron chi connectivity index (χ1n) is 6.62. The maximum absolute atomic E-state index is 14.1. The molecule has 2 heterocycles. The van der Waals surface area contributed by atoms with Gasteiger partial charge in [0.15, 0.2) is 11.6 Å². The highest BCUT2D eigenvalue weighted by molar-refractivity contribution is 6.16. The summed E-state index contributed by atoms with van der Waals surface area (Å²) in [7, 11) is 0. The number of imidazole rings is 1. The Balaban J connectivity index is 2.18. The number of fused-ring (bicyclic) bond motifs is 1. The van der Waals surface area contributed by atoms with Crippen LogP contribution in [0.4, 0.5) is 8.78 Å². The van der Waals surface area contributed by atoms with Gasteiger partial charge in [-0.05, 0) is 25.5 Å². The monoisotopic (exact) mass is 300 g/mol. The first-order chi connectivity index (χ1) is 9.63. The number of aromatic nitrogens is 2. The minimum atomic E-state index is -0.866. The zero-order valence-corrected chi connectivity index (χ0v) is 11.8. The molecule has 0 saturated carbocycles. The van der Waals surface area contributed by atoms with Crippen molar-refractivity contribution in [3.8, 4) is 0 Å². The Hall–Kier alpha value is -1.20. The van der Waals surface area contributed by atoms with Crippen molar-refractivity contribution in [3.63, 3.8) is 0 Å². The number of halogens is 3. The van der Waals surface area contributed by atoms with Crippen molar-refractivity contribution in [1.29, 1.82) is 0 Å². The summed E-state index contributed by atoms with van der Waals surface area (Å²) in [4.78, 5) is 4.31. The molecule has 0 spiro atoms. The Labute approximate surface area is 120 Å². The predicted octanol–water partition coefficient (Wildman–Crippen LogP) is 3.65. The second-order valence-electron chi connectivity index (χ2n) is 5.13. The van der Waals surface area contributed by atoms with Gasteiger partial charge in [0.1, 0.15) is 11.3 Å². The smallest absolute Gasteiger partial charge is 0.184 e. The Morgan fingerprint density at radius 1 is 1.50 bits per heavy atom. The van der Waals surface area contributed by atoms with Crippen LogP contribution in [0.1, 0.15) is 25.2 Å². The van der Waals surface area contributed by atoms with Crippen molar-refractivity contribution in [2.45, 2.75) is 25.3 Å². The molecule has 1 aliphatic rings. The van der Waals surface area contributed by atoms with Crippen LogP contribution in [0.3, 0.4) is 0 Å². The number of rotatable bonds is 3. The lowest BCUT2D eigenvalue weighted by Crippen LogP contribution is -2.19. The first kappa shape index (κ1) is 13.8. The van der Waals surface area contributed by atoms with E-state index < -0.39 is 11.6 Å². The Bertz CT molecular complexity index is 638. The van der Waals surface area contributed by atoms with Crippen LogP contribution in [-0.4, -0.2) is 22.8 Å². The lowest BCUT2D eigenvalue weighted by atomic mass is 10.00. The molecule has 2 unspecified atom stereocenters. The van der Waals surface area contributed by atoms with Crippen molar-refractivity contribution in [2.24, 2.45) is 5.92 Å². The summed E-state index contributed by atoms with van der Waals surface area (Å²) >= 11 is 5.92. The number of benzene rings is 1. The first-order valence-corrected chi connectivity index (χ1v) is 7.15. The van der Waals surface area contributed by atoms with Crippen molar-refractivity contribution in [1.82, 2.24) is 9.55 Å². The summed E-state index contributed by atoms with van der Waals surface area (Å²) < 4.78 is 34.8. The Kier molecular flexibility index (Phi) is 3.65. The van der Waals surface area contributed by atoms with Crippen molar-refractivity contribution in [3.05, 3.63) is 29.6 Å². The summed E-state index contributed by atoms with van der Waals surface area (Å²) in [6.07, 6.45) is 0.902. The highest BCUT2D eigenvalue weighted by Crippen LogP contribution is 2.32. The minimum absolute atomic E-state index is 0.0347. The van der Waals surface area contributed by atoms with Gasteiger partial charge in [-0.25, -0.2) is 13.8 Å². The van der Waals surface area contributed by atoms with Gasteiger partial charge < -0.3 is 9.30 Å². The molecule has 2 aromatic rings.